The maximum Gasteiger partial charge on any atom is 0.0539 e. The van der Waals surface area contributed by atoms with Crippen LogP contribution in [-0.2, 0) is 5.41 Å². The van der Waals surface area contributed by atoms with Crippen molar-refractivity contribution in [1.82, 2.24) is 0 Å². The fourth-order valence-electron chi connectivity index (χ4n) is 9.30. The van der Waals surface area contributed by atoms with Gasteiger partial charge in [0.15, 0.2) is 0 Å². The first-order valence-corrected chi connectivity index (χ1v) is 18.3. The average molecular weight is 667 g/mol. The normalized spacial score (nSPS) is 17.1. The summed E-state index contributed by atoms with van der Waals surface area (Å²) >= 11 is 0. The lowest BCUT2D eigenvalue weighted by Crippen LogP contribution is -2.33. The summed E-state index contributed by atoms with van der Waals surface area (Å²) in [7, 11) is 0. The predicted molar refractivity (Wildman–Crippen MR) is 217 cm³/mol. The van der Waals surface area contributed by atoms with Crippen LogP contribution in [0.15, 0.2) is 206 Å². The molecule has 0 aromatic heterocycles. The summed E-state index contributed by atoms with van der Waals surface area (Å²) in [5.41, 5.74) is 16.0. The van der Waals surface area contributed by atoms with E-state index in [4.69, 9.17) is 0 Å². The highest BCUT2D eigenvalue weighted by atomic mass is 15.1. The second-order valence-electron chi connectivity index (χ2n) is 14.2. The van der Waals surface area contributed by atoms with Crippen molar-refractivity contribution in [2.75, 3.05) is 9.80 Å². The fraction of sp³-hybridized carbons (Fsp3) is 0.0800. The van der Waals surface area contributed by atoms with Crippen molar-refractivity contribution in [1.29, 1.82) is 0 Å². The lowest BCUT2D eigenvalue weighted by Gasteiger charge is -2.37. The molecule has 7 aromatic carbocycles. The van der Waals surface area contributed by atoms with E-state index in [9.17, 15) is 0 Å². The molecule has 7 aromatic rings. The van der Waals surface area contributed by atoms with Gasteiger partial charge in [-0.15, -0.1) is 0 Å². The van der Waals surface area contributed by atoms with Gasteiger partial charge >= 0.3 is 0 Å². The molecule has 0 bridgehead atoms. The Morgan fingerprint density at radius 1 is 0.423 bits per heavy atom. The van der Waals surface area contributed by atoms with Gasteiger partial charge in [-0.25, -0.2) is 0 Å². The molecule has 0 amide bonds. The molecule has 248 valence electrons. The molecule has 0 radical (unpaired) electrons. The summed E-state index contributed by atoms with van der Waals surface area (Å²) < 4.78 is 0. The minimum Gasteiger partial charge on any atom is -0.310 e. The standard InChI is InChI=1S/C50H38N2/c1-35-26-31-47-45(32-35)42-24-14-15-25-46(42)50(47)48-33-40(51(36-16-6-2-7-17-36)37-18-8-3-9-19-37)27-29-43(48)44-30-28-41(34-49(44)50)52(38-20-10-4-11-21-38)39-22-12-5-13-23-39/h2-34,45,47H,1H3. The molecule has 2 atom stereocenters. The first-order chi connectivity index (χ1) is 25.7. The Hall–Kier alpha value is -6.38. The number of hydrogen-bond donors (Lipinski definition) is 0. The highest BCUT2D eigenvalue weighted by Crippen LogP contribution is 2.66. The van der Waals surface area contributed by atoms with Crippen LogP contribution in [0.1, 0.15) is 35.1 Å². The fourth-order valence-corrected chi connectivity index (χ4v) is 9.30. The first-order valence-electron chi connectivity index (χ1n) is 18.3. The number of nitrogens with zero attached hydrogens (tertiary/aromatic N) is 2. The largest absolute Gasteiger partial charge is 0.310 e. The van der Waals surface area contributed by atoms with Crippen molar-refractivity contribution in [3.05, 3.63) is 228 Å². The van der Waals surface area contributed by atoms with Gasteiger partial charge in [0, 0.05) is 46.0 Å². The zero-order chi connectivity index (χ0) is 34.6. The van der Waals surface area contributed by atoms with Crippen molar-refractivity contribution in [3.63, 3.8) is 0 Å². The predicted octanol–water partition coefficient (Wildman–Crippen LogP) is 13.2. The van der Waals surface area contributed by atoms with E-state index in [2.05, 4.69) is 217 Å². The van der Waals surface area contributed by atoms with Crippen LogP contribution in [0, 0.1) is 5.92 Å². The van der Waals surface area contributed by atoms with E-state index in [1.807, 2.05) is 0 Å². The van der Waals surface area contributed by atoms with Gasteiger partial charge in [-0.1, -0.05) is 133 Å². The minimum absolute atomic E-state index is 0.225. The molecule has 2 nitrogen and oxygen atoms in total. The van der Waals surface area contributed by atoms with Crippen LogP contribution in [0.3, 0.4) is 0 Å². The van der Waals surface area contributed by atoms with Gasteiger partial charge < -0.3 is 9.80 Å². The molecule has 3 aliphatic carbocycles. The topological polar surface area (TPSA) is 6.48 Å². The Morgan fingerprint density at radius 2 is 0.846 bits per heavy atom. The summed E-state index contributed by atoms with van der Waals surface area (Å²) in [6, 6.07) is 66.6. The number of benzene rings is 7. The van der Waals surface area contributed by atoms with Gasteiger partial charge in [0.2, 0.25) is 0 Å². The molecule has 1 spiro atoms. The van der Waals surface area contributed by atoms with Crippen LogP contribution in [-0.4, -0.2) is 0 Å². The lowest BCUT2D eigenvalue weighted by molar-refractivity contribution is 0.464. The summed E-state index contributed by atoms with van der Waals surface area (Å²) in [5, 5.41) is 0. The molecule has 2 heteroatoms. The third-order valence-corrected chi connectivity index (χ3v) is 11.4. The van der Waals surface area contributed by atoms with E-state index in [-0.39, 0.29) is 17.3 Å². The molecule has 52 heavy (non-hydrogen) atoms. The third kappa shape index (κ3) is 4.57. The monoisotopic (exact) mass is 666 g/mol. The Kier molecular flexibility index (Phi) is 7.11. The van der Waals surface area contributed by atoms with Gasteiger partial charge in [-0.2, -0.15) is 0 Å². The number of para-hydroxylation sites is 4. The number of fused-ring (bicyclic) bond motifs is 10. The van der Waals surface area contributed by atoms with Crippen molar-refractivity contribution in [3.8, 4) is 11.1 Å². The summed E-state index contributed by atoms with van der Waals surface area (Å²) in [4.78, 5) is 4.79. The van der Waals surface area contributed by atoms with E-state index < -0.39 is 0 Å². The maximum atomic E-state index is 2.51. The molecule has 3 aliphatic rings. The SMILES string of the molecule is CC1=CC2c3ccccc3C3(c4cc(N(c5ccccc5)c5ccccc5)ccc4-c4ccc(N(c5ccccc5)c5ccccc5)cc43)C2C=C1. The van der Waals surface area contributed by atoms with Crippen LogP contribution in [0.2, 0.25) is 0 Å². The first kappa shape index (κ1) is 30.4. The second-order valence-corrected chi connectivity index (χ2v) is 14.2. The molecule has 10 rings (SSSR count). The van der Waals surface area contributed by atoms with Crippen molar-refractivity contribution in [2.45, 2.75) is 18.3 Å². The smallest absolute Gasteiger partial charge is 0.0539 e. The van der Waals surface area contributed by atoms with Crippen molar-refractivity contribution < 1.29 is 0 Å². The molecular weight excluding hydrogens is 629 g/mol. The third-order valence-electron chi connectivity index (χ3n) is 11.4. The molecular formula is C50H38N2. The van der Waals surface area contributed by atoms with Crippen LogP contribution >= 0.6 is 0 Å². The number of allylic oxidation sites excluding steroid dienone is 4. The quantitative estimate of drug-likeness (QED) is 0.174. The van der Waals surface area contributed by atoms with Gasteiger partial charge in [0.25, 0.3) is 0 Å². The second kappa shape index (κ2) is 12.1. The average Bonchev–Trinajstić information content (AvgIpc) is 3.66. The highest BCUT2D eigenvalue weighted by molar-refractivity contribution is 5.91. The van der Waals surface area contributed by atoms with Gasteiger partial charge in [-0.3, -0.25) is 0 Å². The molecule has 0 heterocycles. The number of hydrogen-bond acceptors (Lipinski definition) is 2. The van der Waals surface area contributed by atoms with Crippen LogP contribution < -0.4 is 9.80 Å². The molecule has 2 unspecified atom stereocenters. The summed E-state index contributed by atoms with van der Waals surface area (Å²) in [6.45, 7) is 2.24. The van der Waals surface area contributed by atoms with Gasteiger partial charge in [0.1, 0.15) is 0 Å². The Bertz CT molecular complexity index is 2270. The van der Waals surface area contributed by atoms with E-state index in [0.717, 1.165) is 34.1 Å². The van der Waals surface area contributed by atoms with Crippen LogP contribution in [0.25, 0.3) is 11.1 Å². The zero-order valence-corrected chi connectivity index (χ0v) is 29.1. The lowest BCUT2D eigenvalue weighted by atomic mass is 9.65. The maximum absolute atomic E-state index is 2.51. The van der Waals surface area contributed by atoms with E-state index in [1.54, 1.807) is 0 Å². The van der Waals surface area contributed by atoms with E-state index in [0.29, 0.717) is 0 Å². The molecule has 0 fully saturated rings. The van der Waals surface area contributed by atoms with E-state index in [1.165, 1.54) is 39.0 Å². The van der Waals surface area contributed by atoms with Crippen molar-refractivity contribution >= 4 is 34.1 Å². The molecule has 0 saturated carbocycles. The van der Waals surface area contributed by atoms with Crippen molar-refractivity contribution in [2.24, 2.45) is 5.92 Å². The highest BCUT2D eigenvalue weighted by Gasteiger charge is 2.57. The van der Waals surface area contributed by atoms with Crippen LogP contribution in [0.4, 0.5) is 34.1 Å². The molecule has 0 N–H and O–H groups in total. The Morgan fingerprint density at radius 3 is 1.31 bits per heavy atom. The van der Waals surface area contributed by atoms with Crippen LogP contribution in [0.5, 0.6) is 0 Å². The van der Waals surface area contributed by atoms with Gasteiger partial charge in [-0.05, 0) is 113 Å². The molecule has 0 aliphatic heterocycles. The molecule has 0 saturated heterocycles. The Balaban J connectivity index is 1.25. The summed E-state index contributed by atoms with van der Waals surface area (Å²) in [5.74, 6) is 0.508. The minimum atomic E-state index is -0.385. The summed E-state index contributed by atoms with van der Waals surface area (Å²) in [6.07, 6.45) is 7.36. The number of anilines is 6. The van der Waals surface area contributed by atoms with E-state index >= 15 is 0 Å². The van der Waals surface area contributed by atoms with Gasteiger partial charge in [0.05, 0.1) is 5.41 Å². The zero-order valence-electron chi connectivity index (χ0n) is 29.1. The number of rotatable bonds is 6. The Labute approximate surface area is 306 Å².